The molecule has 3 rings (SSSR count). The summed E-state index contributed by atoms with van der Waals surface area (Å²) in [5, 5.41) is 3.73. The van der Waals surface area contributed by atoms with E-state index >= 15 is 0 Å². The van der Waals surface area contributed by atoms with Crippen molar-refractivity contribution in [3.05, 3.63) is 23.7 Å². The van der Waals surface area contributed by atoms with Crippen molar-refractivity contribution in [1.29, 1.82) is 0 Å². The molecule has 2 saturated heterocycles. The van der Waals surface area contributed by atoms with Crippen molar-refractivity contribution in [3.8, 4) is 0 Å². The molecule has 1 aromatic rings. The van der Waals surface area contributed by atoms with Crippen LogP contribution in [0.3, 0.4) is 0 Å². The summed E-state index contributed by atoms with van der Waals surface area (Å²) in [5.41, 5.74) is 1.27. The van der Waals surface area contributed by atoms with Crippen molar-refractivity contribution >= 4 is 0 Å². The second kappa shape index (κ2) is 6.51. The summed E-state index contributed by atoms with van der Waals surface area (Å²) in [5.74, 6) is 1.62. The van der Waals surface area contributed by atoms with Crippen LogP contribution in [0, 0.1) is 12.8 Å². The first-order valence-electron chi connectivity index (χ1n) is 8.23. The average Bonchev–Trinajstić information content (AvgIpc) is 3.10. The minimum absolute atomic E-state index is 0.0350. The van der Waals surface area contributed by atoms with Crippen LogP contribution >= 0.6 is 0 Å². The van der Waals surface area contributed by atoms with Crippen LogP contribution in [0.5, 0.6) is 0 Å². The number of furan rings is 1. The molecule has 118 valence electrons. The normalized spacial score (nSPS) is 30.9. The zero-order valence-corrected chi connectivity index (χ0v) is 13.2. The summed E-state index contributed by atoms with van der Waals surface area (Å²) in [7, 11) is 0. The average molecular weight is 293 g/mol. The predicted molar refractivity (Wildman–Crippen MR) is 81.3 cm³/mol. The Hall–Kier alpha value is -0.840. The van der Waals surface area contributed by atoms with Gasteiger partial charge in [0, 0.05) is 31.2 Å². The molecule has 2 fully saturated rings. The summed E-state index contributed by atoms with van der Waals surface area (Å²) in [6.07, 6.45) is 6.17. The molecular formula is C17H27NO3. The molecular weight excluding hydrogens is 266 g/mol. The summed E-state index contributed by atoms with van der Waals surface area (Å²) >= 11 is 0. The Morgan fingerprint density at radius 3 is 3.00 bits per heavy atom. The van der Waals surface area contributed by atoms with E-state index in [-0.39, 0.29) is 5.60 Å². The van der Waals surface area contributed by atoms with Gasteiger partial charge < -0.3 is 19.2 Å². The van der Waals surface area contributed by atoms with E-state index in [1.165, 1.54) is 5.56 Å². The molecule has 2 aliphatic heterocycles. The molecule has 3 unspecified atom stereocenters. The first kappa shape index (κ1) is 15.1. The lowest BCUT2D eigenvalue weighted by Gasteiger charge is -2.40. The zero-order valence-electron chi connectivity index (χ0n) is 13.2. The van der Waals surface area contributed by atoms with Crippen molar-refractivity contribution in [3.63, 3.8) is 0 Å². The number of ether oxygens (including phenoxy) is 2. The van der Waals surface area contributed by atoms with E-state index in [9.17, 15) is 0 Å². The highest BCUT2D eigenvalue weighted by Crippen LogP contribution is 2.41. The van der Waals surface area contributed by atoms with Gasteiger partial charge in [-0.05, 0) is 44.7 Å². The monoisotopic (exact) mass is 293 g/mol. The lowest BCUT2D eigenvalue weighted by atomic mass is 9.79. The molecule has 21 heavy (non-hydrogen) atoms. The molecule has 4 nitrogen and oxygen atoms in total. The largest absolute Gasteiger partial charge is 0.469 e. The maximum absolute atomic E-state index is 6.08. The third-order valence-corrected chi connectivity index (χ3v) is 4.92. The van der Waals surface area contributed by atoms with Gasteiger partial charge in [0.05, 0.1) is 18.5 Å². The topological polar surface area (TPSA) is 43.6 Å². The van der Waals surface area contributed by atoms with Crippen LogP contribution < -0.4 is 5.32 Å². The Morgan fingerprint density at radius 1 is 1.43 bits per heavy atom. The molecule has 3 atom stereocenters. The highest BCUT2D eigenvalue weighted by atomic mass is 16.6. The van der Waals surface area contributed by atoms with Crippen LogP contribution in [0.15, 0.2) is 16.7 Å². The van der Waals surface area contributed by atoms with Gasteiger partial charge in [-0.3, -0.25) is 0 Å². The number of nitrogens with one attached hydrogen (secondary N) is 1. The van der Waals surface area contributed by atoms with Gasteiger partial charge in [-0.25, -0.2) is 0 Å². The first-order valence-corrected chi connectivity index (χ1v) is 8.23. The van der Waals surface area contributed by atoms with Gasteiger partial charge in [0.25, 0.3) is 0 Å². The molecule has 0 aliphatic carbocycles. The third kappa shape index (κ3) is 3.17. The number of aryl methyl sites for hydroxylation is 1. The van der Waals surface area contributed by atoms with Crippen LogP contribution in [-0.4, -0.2) is 32.0 Å². The van der Waals surface area contributed by atoms with E-state index in [0.717, 1.165) is 57.8 Å². The second-order valence-electron chi connectivity index (χ2n) is 6.45. The fourth-order valence-electron chi connectivity index (χ4n) is 3.76. The summed E-state index contributed by atoms with van der Waals surface area (Å²) in [6, 6.07) is 2.49. The highest BCUT2D eigenvalue weighted by Gasteiger charge is 2.43. The summed E-state index contributed by atoms with van der Waals surface area (Å²) < 4.78 is 17.2. The molecule has 1 spiro atoms. The van der Waals surface area contributed by atoms with E-state index in [4.69, 9.17) is 13.9 Å². The van der Waals surface area contributed by atoms with E-state index in [0.29, 0.717) is 12.0 Å². The maximum atomic E-state index is 6.08. The Bertz CT molecular complexity index is 451. The molecule has 0 bridgehead atoms. The molecule has 0 amide bonds. The van der Waals surface area contributed by atoms with Gasteiger partial charge in [0.1, 0.15) is 5.76 Å². The Balaban J connectivity index is 1.77. The van der Waals surface area contributed by atoms with Gasteiger partial charge in [-0.15, -0.1) is 0 Å². The predicted octanol–water partition coefficient (Wildman–Crippen LogP) is 3.21. The Morgan fingerprint density at radius 2 is 2.33 bits per heavy atom. The summed E-state index contributed by atoms with van der Waals surface area (Å²) in [4.78, 5) is 0. The van der Waals surface area contributed by atoms with Crippen molar-refractivity contribution in [2.75, 3.05) is 26.4 Å². The first-order chi connectivity index (χ1) is 10.2. The highest BCUT2D eigenvalue weighted by molar-refractivity contribution is 5.21. The van der Waals surface area contributed by atoms with Crippen molar-refractivity contribution < 1.29 is 13.9 Å². The van der Waals surface area contributed by atoms with Gasteiger partial charge in [-0.2, -0.15) is 0 Å². The molecule has 0 saturated carbocycles. The molecule has 0 radical (unpaired) electrons. The maximum Gasteiger partial charge on any atom is 0.105 e. The fourth-order valence-corrected chi connectivity index (χ4v) is 3.76. The van der Waals surface area contributed by atoms with Crippen molar-refractivity contribution in [2.24, 2.45) is 5.92 Å². The fraction of sp³-hybridized carbons (Fsp3) is 0.765. The van der Waals surface area contributed by atoms with Gasteiger partial charge in [0.2, 0.25) is 0 Å². The minimum Gasteiger partial charge on any atom is -0.469 e. The summed E-state index contributed by atoms with van der Waals surface area (Å²) in [6.45, 7) is 7.75. The molecule has 1 aromatic heterocycles. The molecule has 4 heteroatoms. The molecule has 0 aromatic carbocycles. The van der Waals surface area contributed by atoms with Crippen molar-refractivity contribution in [2.45, 2.75) is 51.2 Å². The Labute approximate surface area is 127 Å². The molecule has 2 aliphatic rings. The lowest BCUT2D eigenvalue weighted by molar-refractivity contribution is -0.103. The van der Waals surface area contributed by atoms with Crippen LogP contribution in [0.2, 0.25) is 0 Å². The van der Waals surface area contributed by atoms with E-state index in [2.05, 4.69) is 25.2 Å². The SMILES string of the molecule is CCCNC(c1ccoc1C)C1CCOC2(CCOC2)C1. The smallest absolute Gasteiger partial charge is 0.105 e. The second-order valence-corrected chi connectivity index (χ2v) is 6.45. The minimum atomic E-state index is -0.0350. The van der Waals surface area contributed by atoms with Crippen LogP contribution in [0.1, 0.15) is 50.0 Å². The lowest BCUT2D eigenvalue weighted by Crippen LogP contribution is -2.44. The van der Waals surface area contributed by atoms with Gasteiger partial charge in [0.15, 0.2) is 0 Å². The molecule has 3 heterocycles. The van der Waals surface area contributed by atoms with Crippen LogP contribution in [-0.2, 0) is 9.47 Å². The quantitative estimate of drug-likeness (QED) is 0.905. The van der Waals surface area contributed by atoms with Crippen LogP contribution in [0.25, 0.3) is 0 Å². The Kier molecular flexibility index (Phi) is 4.67. The zero-order chi connectivity index (χ0) is 14.7. The third-order valence-electron chi connectivity index (χ3n) is 4.92. The van der Waals surface area contributed by atoms with Gasteiger partial charge >= 0.3 is 0 Å². The number of hydrogen-bond acceptors (Lipinski definition) is 4. The van der Waals surface area contributed by atoms with Crippen LogP contribution in [0.4, 0.5) is 0 Å². The van der Waals surface area contributed by atoms with E-state index in [1.807, 2.05) is 0 Å². The van der Waals surface area contributed by atoms with E-state index < -0.39 is 0 Å². The van der Waals surface area contributed by atoms with Crippen molar-refractivity contribution in [1.82, 2.24) is 5.32 Å². The molecule has 1 N–H and O–H groups in total. The number of hydrogen-bond donors (Lipinski definition) is 1. The van der Waals surface area contributed by atoms with E-state index in [1.54, 1.807) is 6.26 Å². The van der Waals surface area contributed by atoms with Gasteiger partial charge in [-0.1, -0.05) is 6.92 Å². The standard InChI is InChI=1S/C17H27NO3/c1-3-7-18-16(15-5-8-20-13(15)2)14-4-9-21-17(11-14)6-10-19-12-17/h5,8,14,16,18H,3-4,6-7,9-12H2,1-2H3. The number of rotatable bonds is 5.